The van der Waals surface area contributed by atoms with Crippen LogP contribution >= 0.6 is 12.2 Å². The Labute approximate surface area is 87.8 Å². The minimum Gasteiger partial charge on any atom is -0.366 e. The second-order valence-electron chi connectivity index (χ2n) is 3.02. The molecule has 1 atom stereocenters. The van der Waals surface area contributed by atoms with Crippen LogP contribution in [0.5, 0.6) is 0 Å². The molecule has 2 N–H and O–H groups in total. The lowest BCUT2D eigenvalue weighted by molar-refractivity contribution is -0.137. The Morgan fingerprint density at radius 3 is 2.86 bits per heavy atom. The lowest BCUT2D eigenvalue weighted by atomic mass is 10.1. The van der Waals surface area contributed by atoms with Crippen LogP contribution in [0, 0.1) is 0 Å². The molecule has 0 aliphatic carbocycles. The van der Waals surface area contributed by atoms with Gasteiger partial charge in [-0.2, -0.15) is 0 Å². The topological polar surface area (TPSA) is 61.4 Å². The summed E-state index contributed by atoms with van der Waals surface area (Å²) in [6.45, 7) is 2.02. The lowest BCUT2D eigenvalue weighted by Gasteiger charge is -2.34. The molecule has 1 rings (SSSR count). The van der Waals surface area contributed by atoms with Gasteiger partial charge in [-0.25, -0.2) is 0 Å². The number of amides is 2. The number of imide groups is 1. The predicted octanol–water partition coefficient (Wildman–Crippen LogP) is -0.772. The summed E-state index contributed by atoms with van der Waals surface area (Å²) < 4.78 is 0. The summed E-state index contributed by atoms with van der Waals surface area (Å²) in [5.41, 5.74) is 0. The van der Waals surface area contributed by atoms with E-state index in [0.717, 1.165) is 0 Å². The van der Waals surface area contributed by atoms with E-state index in [1.807, 2.05) is 6.92 Å². The normalized spacial score (nSPS) is 21.9. The van der Waals surface area contributed by atoms with Gasteiger partial charge in [0.15, 0.2) is 5.11 Å². The molecule has 0 aromatic carbocycles. The van der Waals surface area contributed by atoms with Crippen molar-refractivity contribution in [2.45, 2.75) is 19.4 Å². The van der Waals surface area contributed by atoms with Crippen LogP contribution < -0.4 is 10.6 Å². The van der Waals surface area contributed by atoms with Crippen molar-refractivity contribution in [2.24, 2.45) is 0 Å². The molecular weight excluding hydrogens is 202 g/mol. The molecule has 1 unspecified atom stereocenters. The number of nitrogens with zero attached hydrogens (tertiary/aromatic N) is 1. The largest absolute Gasteiger partial charge is 0.366 e. The van der Waals surface area contributed by atoms with Crippen molar-refractivity contribution in [2.75, 3.05) is 13.6 Å². The monoisotopic (exact) mass is 215 g/mol. The number of carbonyl (C=O) groups excluding carboxylic acids is 2. The summed E-state index contributed by atoms with van der Waals surface area (Å²) in [6.07, 6.45) is 0.626. The summed E-state index contributed by atoms with van der Waals surface area (Å²) in [6, 6.07) is -0.340. The Hall–Kier alpha value is -1.17. The maximum absolute atomic E-state index is 11.4. The highest BCUT2D eigenvalue weighted by atomic mass is 32.1. The maximum atomic E-state index is 11.4. The van der Waals surface area contributed by atoms with E-state index in [2.05, 4.69) is 10.6 Å². The van der Waals surface area contributed by atoms with Crippen molar-refractivity contribution >= 4 is 29.1 Å². The van der Waals surface area contributed by atoms with E-state index in [4.69, 9.17) is 12.2 Å². The zero-order chi connectivity index (χ0) is 10.7. The van der Waals surface area contributed by atoms with Gasteiger partial charge in [0, 0.05) is 7.05 Å². The van der Waals surface area contributed by atoms with E-state index in [0.29, 0.717) is 11.5 Å². The van der Waals surface area contributed by atoms with Gasteiger partial charge in [-0.3, -0.25) is 14.9 Å². The molecule has 1 saturated heterocycles. The van der Waals surface area contributed by atoms with E-state index < -0.39 is 0 Å². The molecule has 0 saturated carbocycles. The third kappa shape index (κ3) is 2.01. The number of nitrogens with one attached hydrogen (secondary N) is 2. The zero-order valence-corrected chi connectivity index (χ0v) is 8.98. The minimum atomic E-state index is -0.340. The van der Waals surface area contributed by atoms with Crippen molar-refractivity contribution in [3.63, 3.8) is 0 Å². The van der Waals surface area contributed by atoms with Gasteiger partial charge >= 0.3 is 0 Å². The predicted molar refractivity (Wildman–Crippen MR) is 55.6 cm³/mol. The van der Waals surface area contributed by atoms with Crippen LogP contribution in [0.1, 0.15) is 13.3 Å². The molecule has 1 fully saturated rings. The zero-order valence-electron chi connectivity index (χ0n) is 8.16. The van der Waals surface area contributed by atoms with Crippen molar-refractivity contribution in [3.8, 4) is 0 Å². The maximum Gasteiger partial charge on any atom is 0.249 e. The van der Waals surface area contributed by atoms with Gasteiger partial charge in [0.2, 0.25) is 11.8 Å². The molecule has 0 bridgehead atoms. The number of hydrogen-bond donors (Lipinski definition) is 2. The second kappa shape index (κ2) is 4.36. The smallest absolute Gasteiger partial charge is 0.249 e. The first kappa shape index (κ1) is 10.9. The van der Waals surface area contributed by atoms with E-state index >= 15 is 0 Å². The molecule has 0 radical (unpaired) electrons. The third-order valence-corrected chi connectivity index (χ3v) is 2.56. The molecule has 0 aromatic rings. The van der Waals surface area contributed by atoms with E-state index in [1.165, 1.54) is 0 Å². The number of carbonyl (C=O) groups is 2. The van der Waals surface area contributed by atoms with Gasteiger partial charge in [-0.1, -0.05) is 6.92 Å². The number of piperazine rings is 1. The number of thiocarbonyl (C=S) groups is 1. The SMILES string of the molecule is CCC1C(=O)NC(=O)CN1C(=S)NC. The Bertz CT molecular complexity index is 280. The fourth-order valence-corrected chi connectivity index (χ4v) is 1.62. The molecule has 1 aliphatic rings. The summed E-state index contributed by atoms with van der Waals surface area (Å²) in [5.74, 6) is -0.585. The molecule has 14 heavy (non-hydrogen) atoms. The van der Waals surface area contributed by atoms with Crippen LogP contribution in [0.2, 0.25) is 0 Å². The van der Waals surface area contributed by atoms with Crippen molar-refractivity contribution < 1.29 is 9.59 Å². The summed E-state index contributed by atoms with van der Waals surface area (Å²) in [5, 5.41) is 5.48. The first-order chi connectivity index (χ1) is 6.60. The van der Waals surface area contributed by atoms with Gasteiger partial charge in [-0.05, 0) is 18.6 Å². The van der Waals surface area contributed by atoms with Gasteiger partial charge in [0.05, 0.1) is 0 Å². The first-order valence-electron chi connectivity index (χ1n) is 4.42. The van der Waals surface area contributed by atoms with E-state index in [-0.39, 0.29) is 24.4 Å². The fraction of sp³-hybridized carbons (Fsp3) is 0.625. The van der Waals surface area contributed by atoms with Crippen molar-refractivity contribution in [3.05, 3.63) is 0 Å². The van der Waals surface area contributed by atoms with Gasteiger partial charge < -0.3 is 10.2 Å². The molecule has 5 nitrogen and oxygen atoms in total. The summed E-state index contributed by atoms with van der Waals surface area (Å²) >= 11 is 5.01. The highest BCUT2D eigenvalue weighted by molar-refractivity contribution is 7.80. The fourth-order valence-electron chi connectivity index (χ4n) is 1.43. The lowest BCUT2D eigenvalue weighted by Crippen LogP contribution is -2.61. The average Bonchev–Trinajstić information content (AvgIpc) is 2.15. The molecule has 6 heteroatoms. The Morgan fingerprint density at radius 1 is 1.71 bits per heavy atom. The quantitative estimate of drug-likeness (QED) is 0.444. The van der Waals surface area contributed by atoms with Gasteiger partial charge in [0.1, 0.15) is 12.6 Å². The van der Waals surface area contributed by atoms with Crippen molar-refractivity contribution in [1.82, 2.24) is 15.5 Å². The Morgan fingerprint density at radius 2 is 2.36 bits per heavy atom. The average molecular weight is 215 g/mol. The molecular formula is C8H13N3O2S. The van der Waals surface area contributed by atoms with Crippen molar-refractivity contribution in [1.29, 1.82) is 0 Å². The highest BCUT2D eigenvalue weighted by Gasteiger charge is 2.33. The summed E-state index contributed by atoms with van der Waals surface area (Å²) in [7, 11) is 1.67. The van der Waals surface area contributed by atoms with E-state index in [1.54, 1.807) is 11.9 Å². The third-order valence-electron chi connectivity index (χ3n) is 2.12. The number of rotatable bonds is 1. The van der Waals surface area contributed by atoms with Crippen LogP contribution in [0.3, 0.4) is 0 Å². The van der Waals surface area contributed by atoms with Crippen LogP contribution in [0.25, 0.3) is 0 Å². The van der Waals surface area contributed by atoms with Crippen LogP contribution in [0.15, 0.2) is 0 Å². The molecule has 0 spiro atoms. The molecule has 1 heterocycles. The number of hydrogen-bond acceptors (Lipinski definition) is 3. The van der Waals surface area contributed by atoms with E-state index in [9.17, 15) is 9.59 Å². The second-order valence-corrected chi connectivity index (χ2v) is 3.41. The van der Waals surface area contributed by atoms with Crippen LogP contribution in [-0.2, 0) is 9.59 Å². The Kier molecular flexibility index (Phi) is 3.40. The van der Waals surface area contributed by atoms with Crippen LogP contribution in [-0.4, -0.2) is 41.5 Å². The molecule has 1 aliphatic heterocycles. The van der Waals surface area contributed by atoms with Gasteiger partial charge in [0.25, 0.3) is 0 Å². The molecule has 2 amide bonds. The highest BCUT2D eigenvalue weighted by Crippen LogP contribution is 2.08. The summed E-state index contributed by atoms with van der Waals surface area (Å²) in [4.78, 5) is 24.1. The molecule has 78 valence electrons. The molecule has 0 aromatic heterocycles. The minimum absolute atomic E-state index is 0.143. The van der Waals surface area contributed by atoms with Gasteiger partial charge in [-0.15, -0.1) is 0 Å². The Balaban J connectivity index is 2.83. The van der Waals surface area contributed by atoms with Crippen LogP contribution in [0.4, 0.5) is 0 Å². The standard InChI is InChI=1S/C8H13N3O2S/c1-3-5-7(13)10-6(12)4-11(5)8(14)9-2/h5H,3-4H2,1-2H3,(H,9,14)(H,10,12,13). The first-order valence-corrected chi connectivity index (χ1v) is 4.83.